The van der Waals surface area contributed by atoms with Crippen LogP contribution in [0.4, 0.5) is 29.2 Å². The fourth-order valence-electron chi connectivity index (χ4n) is 2.84. The van der Waals surface area contributed by atoms with Gasteiger partial charge < -0.3 is 5.32 Å². The molecule has 0 saturated heterocycles. The van der Waals surface area contributed by atoms with E-state index in [4.69, 9.17) is 0 Å². The highest BCUT2D eigenvalue weighted by atomic mass is 19.4. The lowest BCUT2D eigenvalue weighted by atomic mass is 10.2. The number of anilines is 2. The Labute approximate surface area is 161 Å². The van der Waals surface area contributed by atoms with Crippen LogP contribution >= 0.6 is 0 Å². The second-order valence-electron chi connectivity index (χ2n) is 6.16. The molecule has 0 aliphatic rings. The first-order valence-electron chi connectivity index (χ1n) is 8.40. The van der Waals surface area contributed by atoms with E-state index in [0.29, 0.717) is 11.9 Å². The molecule has 1 N–H and O–H groups in total. The average Bonchev–Trinajstić information content (AvgIpc) is 2.69. The maximum absolute atomic E-state index is 13.7. The third kappa shape index (κ3) is 3.66. The normalized spacial score (nSPS) is 11.6. The summed E-state index contributed by atoms with van der Waals surface area (Å²) in [7, 11) is 0. The van der Waals surface area contributed by atoms with Crippen LogP contribution in [0.25, 0.3) is 16.6 Å². The van der Waals surface area contributed by atoms with Crippen molar-refractivity contribution >= 4 is 22.5 Å². The number of halogens is 4. The molecule has 0 radical (unpaired) electrons. The molecule has 0 unspecified atom stereocenters. The van der Waals surface area contributed by atoms with E-state index in [1.165, 1.54) is 6.07 Å². The largest absolute Gasteiger partial charge is 0.417 e. The third-order valence-corrected chi connectivity index (χ3v) is 4.17. The Morgan fingerprint density at radius 2 is 1.72 bits per heavy atom. The van der Waals surface area contributed by atoms with Crippen LogP contribution < -0.4 is 10.9 Å². The lowest BCUT2D eigenvalue weighted by Gasteiger charge is -2.16. The average molecular weight is 400 g/mol. The van der Waals surface area contributed by atoms with Gasteiger partial charge in [0.05, 0.1) is 28.4 Å². The number of nitrogens with zero attached hydrogens (tertiary/aromatic N) is 3. The van der Waals surface area contributed by atoms with E-state index in [9.17, 15) is 22.4 Å². The van der Waals surface area contributed by atoms with Gasteiger partial charge >= 0.3 is 6.18 Å². The van der Waals surface area contributed by atoms with Gasteiger partial charge in [-0.25, -0.2) is 13.9 Å². The molecular formula is C20H12F4N4O. The minimum absolute atomic E-state index is 0.0265. The standard InChI is InChI=1S/C20H12F4N4O/c21-13-6-7-17-16(9-13)18(29)28(15-8-12(10-25-11-15)20(22,23)24)19(27-17)26-14-4-2-1-3-5-14/h1-11H,(H,26,27). The van der Waals surface area contributed by atoms with Gasteiger partial charge in [0, 0.05) is 11.9 Å². The number of fused-ring (bicyclic) bond motifs is 1. The topological polar surface area (TPSA) is 59.8 Å². The number of hydrogen-bond donors (Lipinski definition) is 1. The molecule has 9 heteroatoms. The van der Waals surface area contributed by atoms with E-state index in [1.807, 2.05) is 0 Å². The summed E-state index contributed by atoms with van der Waals surface area (Å²) in [5, 5.41) is 2.86. The summed E-state index contributed by atoms with van der Waals surface area (Å²) in [6.45, 7) is 0. The second-order valence-corrected chi connectivity index (χ2v) is 6.16. The summed E-state index contributed by atoms with van der Waals surface area (Å²) in [4.78, 5) is 21.0. The molecule has 0 bridgehead atoms. The summed E-state index contributed by atoms with van der Waals surface area (Å²) in [6, 6.07) is 12.9. The zero-order valence-electron chi connectivity index (χ0n) is 14.6. The first kappa shape index (κ1) is 18.6. The summed E-state index contributed by atoms with van der Waals surface area (Å²) >= 11 is 0. The van der Waals surface area contributed by atoms with Gasteiger partial charge in [0.15, 0.2) is 0 Å². The molecule has 29 heavy (non-hydrogen) atoms. The lowest BCUT2D eigenvalue weighted by molar-refractivity contribution is -0.137. The molecule has 0 spiro atoms. The van der Waals surface area contributed by atoms with Crippen molar-refractivity contribution < 1.29 is 17.6 Å². The van der Waals surface area contributed by atoms with Crippen molar-refractivity contribution in [3.05, 3.63) is 88.7 Å². The Hall–Kier alpha value is -3.75. The highest BCUT2D eigenvalue weighted by molar-refractivity contribution is 5.80. The molecule has 0 aliphatic carbocycles. The summed E-state index contributed by atoms with van der Waals surface area (Å²) < 4.78 is 54.0. The molecule has 0 amide bonds. The van der Waals surface area contributed by atoms with Gasteiger partial charge in [-0.1, -0.05) is 18.2 Å². The second kappa shape index (κ2) is 7.01. The van der Waals surface area contributed by atoms with E-state index >= 15 is 0 Å². The molecule has 2 aromatic heterocycles. The molecule has 2 heterocycles. The molecule has 0 aliphatic heterocycles. The van der Waals surface area contributed by atoms with Crippen molar-refractivity contribution in [2.45, 2.75) is 6.18 Å². The number of hydrogen-bond acceptors (Lipinski definition) is 4. The SMILES string of the molecule is O=c1c2cc(F)ccc2nc(Nc2ccccc2)n1-c1cncc(C(F)(F)F)c1. The van der Waals surface area contributed by atoms with Crippen LogP contribution in [0.15, 0.2) is 71.8 Å². The predicted octanol–water partition coefficient (Wildman–Crippen LogP) is 4.68. The van der Waals surface area contributed by atoms with Crippen molar-refractivity contribution in [1.29, 1.82) is 0 Å². The number of benzene rings is 2. The van der Waals surface area contributed by atoms with E-state index < -0.39 is 23.1 Å². The minimum Gasteiger partial charge on any atom is -0.325 e. The molecule has 0 saturated carbocycles. The number of alkyl halides is 3. The van der Waals surface area contributed by atoms with Crippen LogP contribution in [0.2, 0.25) is 0 Å². The predicted molar refractivity (Wildman–Crippen MR) is 99.8 cm³/mol. The molecule has 4 aromatic rings. The Kier molecular flexibility index (Phi) is 4.50. The minimum atomic E-state index is -4.64. The first-order chi connectivity index (χ1) is 13.8. The van der Waals surface area contributed by atoms with Gasteiger partial charge in [-0.2, -0.15) is 13.2 Å². The lowest BCUT2D eigenvalue weighted by Crippen LogP contribution is -2.23. The summed E-state index contributed by atoms with van der Waals surface area (Å²) in [5.74, 6) is -0.685. The summed E-state index contributed by atoms with van der Waals surface area (Å²) in [6.07, 6.45) is -2.87. The van der Waals surface area contributed by atoms with Gasteiger partial charge in [-0.05, 0) is 36.4 Å². The van der Waals surface area contributed by atoms with Crippen LogP contribution in [0.1, 0.15) is 5.56 Å². The van der Waals surface area contributed by atoms with Crippen LogP contribution in [0.3, 0.4) is 0 Å². The van der Waals surface area contributed by atoms with E-state index in [-0.39, 0.29) is 22.5 Å². The number of para-hydroxylation sites is 1. The molecule has 0 atom stereocenters. The van der Waals surface area contributed by atoms with Crippen LogP contribution in [0, 0.1) is 5.82 Å². The van der Waals surface area contributed by atoms with Gasteiger partial charge in [0.25, 0.3) is 5.56 Å². The Morgan fingerprint density at radius 3 is 2.45 bits per heavy atom. The van der Waals surface area contributed by atoms with E-state index in [1.54, 1.807) is 30.3 Å². The van der Waals surface area contributed by atoms with Crippen molar-refractivity contribution in [1.82, 2.24) is 14.5 Å². The van der Waals surface area contributed by atoms with Crippen molar-refractivity contribution in [2.24, 2.45) is 0 Å². The molecule has 146 valence electrons. The Balaban J connectivity index is 1.99. The van der Waals surface area contributed by atoms with Crippen LogP contribution in [-0.4, -0.2) is 14.5 Å². The molecule has 4 rings (SSSR count). The number of pyridine rings is 1. The van der Waals surface area contributed by atoms with Crippen LogP contribution in [-0.2, 0) is 6.18 Å². The van der Waals surface area contributed by atoms with Crippen LogP contribution in [0.5, 0.6) is 0 Å². The third-order valence-electron chi connectivity index (χ3n) is 4.17. The molecule has 5 nitrogen and oxygen atoms in total. The maximum Gasteiger partial charge on any atom is 0.417 e. The van der Waals surface area contributed by atoms with Gasteiger partial charge in [0.2, 0.25) is 5.95 Å². The molecule has 2 aromatic carbocycles. The number of aromatic nitrogens is 3. The van der Waals surface area contributed by atoms with Crippen molar-refractivity contribution in [3.63, 3.8) is 0 Å². The van der Waals surface area contributed by atoms with Crippen molar-refractivity contribution in [2.75, 3.05) is 5.32 Å². The zero-order chi connectivity index (χ0) is 20.6. The summed E-state index contributed by atoms with van der Waals surface area (Å²) in [5.41, 5.74) is -1.14. The first-order valence-corrected chi connectivity index (χ1v) is 8.40. The molecule has 0 fully saturated rings. The molecular weight excluding hydrogens is 388 g/mol. The highest BCUT2D eigenvalue weighted by Gasteiger charge is 2.31. The zero-order valence-corrected chi connectivity index (χ0v) is 14.6. The van der Waals surface area contributed by atoms with E-state index in [0.717, 1.165) is 29.0 Å². The van der Waals surface area contributed by atoms with Gasteiger partial charge in [-0.3, -0.25) is 9.78 Å². The van der Waals surface area contributed by atoms with Gasteiger partial charge in [0.1, 0.15) is 5.82 Å². The smallest absolute Gasteiger partial charge is 0.325 e. The fourth-order valence-corrected chi connectivity index (χ4v) is 2.84. The highest BCUT2D eigenvalue weighted by Crippen LogP contribution is 2.30. The van der Waals surface area contributed by atoms with Gasteiger partial charge in [-0.15, -0.1) is 0 Å². The fraction of sp³-hybridized carbons (Fsp3) is 0.0500. The number of rotatable bonds is 3. The number of nitrogens with one attached hydrogen (secondary N) is 1. The van der Waals surface area contributed by atoms with E-state index in [2.05, 4.69) is 15.3 Å². The quantitative estimate of drug-likeness (QED) is 0.507. The monoisotopic (exact) mass is 400 g/mol. The maximum atomic E-state index is 13.7. The Bertz CT molecular complexity index is 1250. The Morgan fingerprint density at radius 1 is 0.966 bits per heavy atom. The van der Waals surface area contributed by atoms with Crippen molar-refractivity contribution in [3.8, 4) is 5.69 Å².